The van der Waals surface area contributed by atoms with Crippen LogP contribution < -0.4 is 0 Å². The highest BCUT2D eigenvalue weighted by molar-refractivity contribution is 5.22. The molecule has 1 aliphatic carbocycles. The van der Waals surface area contributed by atoms with Crippen LogP contribution in [0.25, 0.3) is 0 Å². The Hall–Kier alpha value is -0.860. The molecule has 112 valence electrons. The second-order valence-electron chi connectivity index (χ2n) is 6.40. The second-order valence-corrected chi connectivity index (χ2v) is 6.40. The molecule has 0 amide bonds. The van der Waals surface area contributed by atoms with E-state index in [-0.39, 0.29) is 5.60 Å². The minimum atomic E-state index is -0.409. The van der Waals surface area contributed by atoms with Crippen molar-refractivity contribution < 1.29 is 9.84 Å². The van der Waals surface area contributed by atoms with Crippen LogP contribution in [-0.2, 0) is 11.2 Å². The second kappa shape index (κ2) is 6.73. The summed E-state index contributed by atoms with van der Waals surface area (Å²) in [7, 11) is 0. The van der Waals surface area contributed by atoms with Gasteiger partial charge in [-0.25, -0.2) is 0 Å². The fourth-order valence-electron chi connectivity index (χ4n) is 3.49. The van der Waals surface area contributed by atoms with Crippen molar-refractivity contribution in [2.75, 3.05) is 6.61 Å². The van der Waals surface area contributed by atoms with Gasteiger partial charge in [0.25, 0.3) is 0 Å². The van der Waals surface area contributed by atoms with Crippen molar-refractivity contribution in [2.45, 2.75) is 64.6 Å². The van der Waals surface area contributed by atoms with E-state index in [0.29, 0.717) is 18.9 Å². The topological polar surface area (TPSA) is 29.5 Å². The van der Waals surface area contributed by atoms with Crippen LogP contribution in [-0.4, -0.2) is 23.4 Å². The normalized spacial score (nSPS) is 28.3. The molecule has 2 nitrogen and oxygen atoms in total. The first-order chi connectivity index (χ1) is 9.55. The molecule has 0 aromatic heterocycles. The Kier molecular flexibility index (Phi) is 5.22. The first kappa shape index (κ1) is 15.5. The molecular formula is C18H28O2. The van der Waals surface area contributed by atoms with E-state index >= 15 is 0 Å². The molecule has 0 radical (unpaired) electrons. The standard InChI is InChI=1S/C18H28O2/c1-4-20-18(11-5-6-15(3)13-18)17(19)12-16-9-7-14(2)8-10-16/h7-10,15,17,19H,4-6,11-13H2,1-3H3. The molecule has 2 rings (SSSR count). The van der Waals surface area contributed by atoms with Crippen LogP contribution in [0.1, 0.15) is 50.7 Å². The Morgan fingerprint density at radius 2 is 2.05 bits per heavy atom. The molecule has 1 fully saturated rings. The van der Waals surface area contributed by atoms with Gasteiger partial charge >= 0.3 is 0 Å². The number of hydrogen-bond donors (Lipinski definition) is 1. The van der Waals surface area contributed by atoms with Gasteiger partial charge in [-0.3, -0.25) is 0 Å². The van der Waals surface area contributed by atoms with Gasteiger partial charge in [-0.05, 0) is 38.2 Å². The molecule has 0 heterocycles. The number of ether oxygens (including phenoxy) is 1. The number of aryl methyl sites for hydroxylation is 1. The quantitative estimate of drug-likeness (QED) is 0.884. The van der Waals surface area contributed by atoms with Gasteiger partial charge in [-0.15, -0.1) is 0 Å². The molecular weight excluding hydrogens is 248 g/mol. The van der Waals surface area contributed by atoms with Crippen molar-refractivity contribution in [3.05, 3.63) is 35.4 Å². The van der Waals surface area contributed by atoms with Gasteiger partial charge in [0.15, 0.2) is 0 Å². The molecule has 1 saturated carbocycles. The van der Waals surface area contributed by atoms with Gasteiger partial charge in [0, 0.05) is 13.0 Å². The lowest BCUT2D eigenvalue weighted by atomic mass is 9.74. The molecule has 1 aliphatic rings. The maximum atomic E-state index is 10.8. The van der Waals surface area contributed by atoms with Crippen molar-refractivity contribution in [1.29, 1.82) is 0 Å². The van der Waals surface area contributed by atoms with Gasteiger partial charge in [0.1, 0.15) is 0 Å². The maximum Gasteiger partial charge on any atom is 0.0945 e. The van der Waals surface area contributed by atoms with E-state index in [1.54, 1.807) is 0 Å². The summed E-state index contributed by atoms with van der Waals surface area (Å²) >= 11 is 0. The van der Waals surface area contributed by atoms with E-state index in [0.717, 1.165) is 19.3 Å². The van der Waals surface area contributed by atoms with Crippen molar-refractivity contribution in [3.63, 3.8) is 0 Å². The average molecular weight is 276 g/mol. The zero-order valence-corrected chi connectivity index (χ0v) is 13.1. The van der Waals surface area contributed by atoms with E-state index in [1.807, 2.05) is 6.92 Å². The van der Waals surface area contributed by atoms with Crippen LogP contribution >= 0.6 is 0 Å². The lowest BCUT2D eigenvalue weighted by molar-refractivity contribution is -0.147. The lowest BCUT2D eigenvalue weighted by Gasteiger charge is -2.43. The van der Waals surface area contributed by atoms with Gasteiger partial charge in [-0.1, -0.05) is 49.6 Å². The van der Waals surface area contributed by atoms with Crippen LogP contribution in [0.15, 0.2) is 24.3 Å². The molecule has 0 bridgehead atoms. The van der Waals surface area contributed by atoms with Gasteiger partial charge < -0.3 is 9.84 Å². The number of rotatable bonds is 5. The SMILES string of the molecule is CCOC1(C(O)Cc2ccc(C)cc2)CCCC(C)C1. The average Bonchev–Trinajstić information content (AvgIpc) is 2.41. The van der Waals surface area contributed by atoms with Gasteiger partial charge in [-0.2, -0.15) is 0 Å². The number of aliphatic hydroxyl groups is 1. The van der Waals surface area contributed by atoms with E-state index in [1.165, 1.54) is 17.5 Å². The number of benzene rings is 1. The minimum absolute atomic E-state index is 0.336. The summed E-state index contributed by atoms with van der Waals surface area (Å²) in [4.78, 5) is 0. The van der Waals surface area contributed by atoms with Crippen LogP contribution in [0.4, 0.5) is 0 Å². The predicted molar refractivity (Wildman–Crippen MR) is 82.9 cm³/mol. The van der Waals surface area contributed by atoms with E-state index in [9.17, 15) is 5.11 Å². The maximum absolute atomic E-state index is 10.8. The summed E-state index contributed by atoms with van der Waals surface area (Å²) in [5.41, 5.74) is 2.12. The molecule has 3 unspecified atom stereocenters. The first-order valence-corrected chi connectivity index (χ1v) is 7.93. The number of hydrogen-bond acceptors (Lipinski definition) is 2. The molecule has 20 heavy (non-hydrogen) atoms. The van der Waals surface area contributed by atoms with Gasteiger partial charge in [0.05, 0.1) is 11.7 Å². The highest BCUT2D eigenvalue weighted by atomic mass is 16.5. The summed E-state index contributed by atoms with van der Waals surface area (Å²) in [6, 6.07) is 8.45. The molecule has 0 saturated heterocycles. The minimum Gasteiger partial charge on any atom is -0.390 e. The largest absolute Gasteiger partial charge is 0.390 e. The molecule has 0 aliphatic heterocycles. The van der Waals surface area contributed by atoms with Crippen LogP contribution in [0.5, 0.6) is 0 Å². The summed E-state index contributed by atoms with van der Waals surface area (Å²) in [6.07, 6.45) is 4.66. The highest BCUT2D eigenvalue weighted by Crippen LogP contribution is 2.38. The zero-order valence-electron chi connectivity index (χ0n) is 13.1. The summed E-state index contributed by atoms with van der Waals surface area (Å²) < 4.78 is 6.05. The summed E-state index contributed by atoms with van der Waals surface area (Å²) in [5, 5.41) is 10.8. The Bertz CT molecular complexity index is 408. The molecule has 1 N–H and O–H groups in total. The Morgan fingerprint density at radius 3 is 2.65 bits per heavy atom. The summed E-state index contributed by atoms with van der Waals surface area (Å²) in [6.45, 7) is 7.06. The molecule has 0 spiro atoms. The fraction of sp³-hybridized carbons (Fsp3) is 0.667. The van der Waals surface area contributed by atoms with Crippen LogP contribution in [0.3, 0.4) is 0 Å². The van der Waals surface area contributed by atoms with Crippen LogP contribution in [0.2, 0.25) is 0 Å². The third kappa shape index (κ3) is 3.62. The van der Waals surface area contributed by atoms with Gasteiger partial charge in [0.2, 0.25) is 0 Å². The van der Waals surface area contributed by atoms with E-state index < -0.39 is 6.10 Å². The Labute approximate surface area is 123 Å². The lowest BCUT2D eigenvalue weighted by Crippen LogP contribution is -2.49. The van der Waals surface area contributed by atoms with Crippen molar-refractivity contribution in [2.24, 2.45) is 5.92 Å². The van der Waals surface area contributed by atoms with Crippen molar-refractivity contribution in [1.82, 2.24) is 0 Å². The van der Waals surface area contributed by atoms with E-state index in [2.05, 4.69) is 38.1 Å². The summed E-state index contributed by atoms with van der Waals surface area (Å²) in [5.74, 6) is 0.642. The first-order valence-electron chi connectivity index (χ1n) is 7.93. The highest BCUT2D eigenvalue weighted by Gasteiger charge is 2.41. The van der Waals surface area contributed by atoms with Crippen LogP contribution in [0, 0.1) is 12.8 Å². The fourth-order valence-corrected chi connectivity index (χ4v) is 3.49. The third-order valence-corrected chi connectivity index (χ3v) is 4.58. The number of aliphatic hydroxyl groups excluding tert-OH is 1. The van der Waals surface area contributed by atoms with E-state index in [4.69, 9.17) is 4.74 Å². The third-order valence-electron chi connectivity index (χ3n) is 4.58. The molecule has 3 atom stereocenters. The smallest absolute Gasteiger partial charge is 0.0945 e. The van der Waals surface area contributed by atoms with Crippen molar-refractivity contribution in [3.8, 4) is 0 Å². The molecule has 2 heteroatoms. The molecule has 1 aromatic rings. The zero-order chi connectivity index (χ0) is 14.6. The monoisotopic (exact) mass is 276 g/mol. The van der Waals surface area contributed by atoms with Crippen molar-refractivity contribution >= 4 is 0 Å². The molecule has 1 aromatic carbocycles. The Morgan fingerprint density at radius 1 is 1.35 bits per heavy atom. The predicted octanol–water partition coefficient (Wildman–Crippen LogP) is 3.88. The Balaban J connectivity index is 2.10.